The molecular weight excluding hydrogens is 330 g/mol. The largest absolute Gasteiger partial charge is 0.381 e. The smallest absolute Gasteiger partial charge is 0.220 e. The monoisotopic (exact) mass is 359 g/mol. The maximum atomic E-state index is 12.2. The molecule has 0 bridgehead atoms. The molecule has 1 aromatic heterocycles. The Kier molecular flexibility index (Phi) is 5.70. The topological polar surface area (TPSA) is 65.4 Å². The Hall–Kier alpha value is -1.66. The summed E-state index contributed by atoms with van der Waals surface area (Å²) in [5, 5.41) is 7.84. The van der Waals surface area contributed by atoms with Crippen LogP contribution in [-0.2, 0) is 27.2 Å². The summed E-state index contributed by atoms with van der Waals surface area (Å²) in [6, 6.07) is 0. The summed E-state index contributed by atoms with van der Waals surface area (Å²) in [5.41, 5.74) is 2.27. The van der Waals surface area contributed by atoms with Crippen molar-refractivity contribution < 1.29 is 14.3 Å². The van der Waals surface area contributed by atoms with Crippen molar-refractivity contribution in [3.63, 3.8) is 0 Å². The SMILES string of the molecule is O=C(C[C@@H]1C=CCC1)NC[C@H]1OCCc2cn(CC3CCOCC3)nc21. The Morgan fingerprint density at radius 2 is 2.15 bits per heavy atom. The molecule has 6 heteroatoms. The summed E-state index contributed by atoms with van der Waals surface area (Å²) in [6.07, 6.45) is 12.3. The average molecular weight is 359 g/mol. The fourth-order valence-electron chi connectivity index (χ4n) is 4.16. The first kappa shape index (κ1) is 17.7. The number of aromatic nitrogens is 2. The number of ether oxygens (including phenoxy) is 2. The maximum absolute atomic E-state index is 12.2. The molecule has 142 valence electrons. The number of fused-ring (bicyclic) bond motifs is 1. The van der Waals surface area contributed by atoms with E-state index in [-0.39, 0.29) is 12.0 Å². The molecule has 2 atom stereocenters. The van der Waals surface area contributed by atoms with E-state index in [9.17, 15) is 4.79 Å². The number of rotatable bonds is 6. The molecule has 3 aliphatic rings. The highest BCUT2D eigenvalue weighted by Gasteiger charge is 2.26. The van der Waals surface area contributed by atoms with Crippen molar-refractivity contribution in [2.75, 3.05) is 26.4 Å². The molecule has 1 amide bonds. The van der Waals surface area contributed by atoms with Crippen molar-refractivity contribution in [2.24, 2.45) is 11.8 Å². The van der Waals surface area contributed by atoms with Gasteiger partial charge in [-0.1, -0.05) is 12.2 Å². The molecule has 0 spiro atoms. The van der Waals surface area contributed by atoms with Crippen molar-refractivity contribution in [3.05, 3.63) is 29.6 Å². The molecule has 3 heterocycles. The Balaban J connectivity index is 1.32. The van der Waals surface area contributed by atoms with E-state index in [1.807, 2.05) is 0 Å². The van der Waals surface area contributed by atoms with Crippen LogP contribution in [0.1, 0.15) is 49.5 Å². The number of amides is 1. The molecule has 1 saturated heterocycles. The second-order valence-electron chi connectivity index (χ2n) is 7.70. The van der Waals surface area contributed by atoms with E-state index in [2.05, 4.69) is 28.3 Å². The number of carbonyl (C=O) groups excluding carboxylic acids is 1. The first-order chi connectivity index (χ1) is 12.8. The molecule has 0 radical (unpaired) electrons. The highest BCUT2D eigenvalue weighted by atomic mass is 16.5. The van der Waals surface area contributed by atoms with E-state index >= 15 is 0 Å². The van der Waals surface area contributed by atoms with Gasteiger partial charge in [0, 0.05) is 38.9 Å². The number of nitrogens with one attached hydrogen (secondary N) is 1. The van der Waals surface area contributed by atoms with Crippen LogP contribution < -0.4 is 5.32 Å². The molecule has 2 aliphatic heterocycles. The average Bonchev–Trinajstić information content (AvgIpc) is 3.30. The van der Waals surface area contributed by atoms with E-state index < -0.39 is 0 Å². The van der Waals surface area contributed by atoms with Crippen molar-refractivity contribution in [2.45, 2.75) is 51.2 Å². The number of nitrogens with zero attached hydrogens (tertiary/aromatic N) is 2. The third kappa shape index (κ3) is 4.35. The van der Waals surface area contributed by atoms with Gasteiger partial charge in [-0.15, -0.1) is 0 Å². The van der Waals surface area contributed by atoms with Crippen LogP contribution in [-0.4, -0.2) is 42.1 Å². The minimum atomic E-state index is -0.127. The van der Waals surface area contributed by atoms with Gasteiger partial charge in [0.05, 0.1) is 12.3 Å². The Morgan fingerprint density at radius 3 is 2.96 bits per heavy atom. The molecule has 0 saturated carbocycles. The van der Waals surface area contributed by atoms with Gasteiger partial charge in [-0.05, 0) is 49.5 Å². The Morgan fingerprint density at radius 1 is 1.27 bits per heavy atom. The summed E-state index contributed by atoms with van der Waals surface area (Å²) >= 11 is 0. The van der Waals surface area contributed by atoms with Gasteiger partial charge < -0.3 is 14.8 Å². The zero-order valence-electron chi connectivity index (χ0n) is 15.4. The van der Waals surface area contributed by atoms with Crippen molar-refractivity contribution in [3.8, 4) is 0 Å². The quantitative estimate of drug-likeness (QED) is 0.792. The second-order valence-corrected chi connectivity index (χ2v) is 7.70. The number of hydrogen-bond acceptors (Lipinski definition) is 4. The highest BCUT2D eigenvalue weighted by molar-refractivity contribution is 5.76. The van der Waals surface area contributed by atoms with Crippen LogP contribution in [0, 0.1) is 11.8 Å². The molecule has 1 aliphatic carbocycles. The zero-order valence-corrected chi connectivity index (χ0v) is 15.4. The van der Waals surface area contributed by atoms with Gasteiger partial charge in [0.25, 0.3) is 0 Å². The van der Waals surface area contributed by atoms with Gasteiger partial charge >= 0.3 is 0 Å². The summed E-state index contributed by atoms with van der Waals surface area (Å²) in [6.45, 7) is 3.88. The molecule has 6 nitrogen and oxygen atoms in total. The lowest BCUT2D eigenvalue weighted by Gasteiger charge is -2.22. The molecule has 0 unspecified atom stereocenters. The number of carbonyl (C=O) groups is 1. The third-order valence-corrected chi connectivity index (χ3v) is 5.70. The highest BCUT2D eigenvalue weighted by Crippen LogP contribution is 2.27. The maximum Gasteiger partial charge on any atom is 0.220 e. The number of hydrogen-bond donors (Lipinski definition) is 1. The minimum absolute atomic E-state index is 0.110. The van der Waals surface area contributed by atoms with E-state index in [1.165, 1.54) is 5.56 Å². The van der Waals surface area contributed by atoms with Crippen LogP contribution in [0.5, 0.6) is 0 Å². The van der Waals surface area contributed by atoms with E-state index in [0.717, 1.165) is 57.6 Å². The first-order valence-corrected chi connectivity index (χ1v) is 9.97. The fourth-order valence-corrected chi connectivity index (χ4v) is 4.16. The Bertz CT molecular complexity index is 649. The van der Waals surface area contributed by atoms with Crippen molar-refractivity contribution in [1.29, 1.82) is 0 Å². The third-order valence-electron chi connectivity index (χ3n) is 5.70. The molecule has 1 fully saturated rings. The van der Waals surface area contributed by atoms with Crippen LogP contribution in [0.15, 0.2) is 18.3 Å². The molecule has 0 aromatic carbocycles. The predicted molar refractivity (Wildman–Crippen MR) is 97.7 cm³/mol. The van der Waals surface area contributed by atoms with Gasteiger partial charge in [-0.3, -0.25) is 9.48 Å². The van der Waals surface area contributed by atoms with Crippen LogP contribution in [0.2, 0.25) is 0 Å². The van der Waals surface area contributed by atoms with Gasteiger partial charge in [-0.25, -0.2) is 0 Å². The molecular formula is C20H29N3O3. The lowest BCUT2D eigenvalue weighted by molar-refractivity contribution is -0.122. The zero-order chi connectivity index (χ0) is 17.8. The molecule has 4 rings (SSSR count). The van der Waals surface area contributed by atoms with Crippen molar-refractivity contribution >= 4 is 5.91 Å². The van der Waals surface area contributed by atoms with E-state index in [4.69, 9.17) is 14.6 Å². The van der Waals surface area contributed by atoms with Gasteiger partial charge in [-0.2, -0.15) is 5.10 Å². The number of allylic oxidation sites excluding steroid dienone is 2. The van der Waals surface area contributed by atoms with Gasteiger partial charge in [0.1, 0.15) is 6.10 Å². The van der Waals surface area contributed by atoms with Crippen LogP contribution in [0.25, 0.3) is 0 Å². The van der Waals surface area contributed by atoms with E-state index in [0.29, 0.717) is 31.4 Å². The first-order valence-electron chi connectivity index (χ1n) is 9.97. The summed E-state index contributed by atoms with van der Waals surface area (Å²) in [4.78, 5) is 12.2. The fraction of sp³-hybridized carbons (Fsp3) is 0.700. The summed E-state index contributed by atoms with van der Waals surface area (Å²) in [5.74, 6) is 1.15. The predicted octanol–water partition coefficient (Wildman–Crippen LogP) is 2.40. The summed E-state index contributed by atoms with van der Waals surface area (Å²) in [7, 11) is 0. The normalized spacial score (nSPS) is 26.0. The minimum Gasteiger partial charge on any atom is -0.381 e. The van der Waals surface area contributed by atoms with E-state index in [1.54, 1.807) is 0 Å². The summed E-state index contributed by atoms with van der Waals surface area (Å²) < 4.78 is 13.4. The van der Waals surface area contributed by atoms with Crippen LogP contribution in [0.4, 0.5) is 0 Å². The lowest BCUT2D eigenvalue weighted by Crippen LogP contribution is -2.32. The molecule has 1 N–H and O–H groups in total. The standard InChI is InChI=1S/C20H29N3O3/c24-19(11-15-3-1-2-4-15)21-12-18-20-17(7-10-26-18)14-23(22-20)13-16-5-8-25-9-6-16/h1,3,14-16,18H,2,4-13H2,(H,21,24)/t15-,18-/m1/s1. The van der Waals surface area contributed by atoms with Crippen LogP contribution in [0.3, 0.4) is 0 Å². The Labute approximate surface area is 154 Å². The molecule has 26 heavy (non-hydrogen) atoms. The van der Waals surface area contributed by atoms with Crippen LogP contribution >= 0.6 is 0 Å². The van der Waals surface area contributed by atoms with Gasteiger partial charge in [0.15, 0.2) is 0 Å². The van der Waals surface area contributed by atoms with Crippen molar-refractivity contribution in [1.82, 2.24) is 15.1 Å². The second kappa shape index (κ2) is 8.35. The lowest BCUT2D eigenvalue weighted by atomic mass is 10.0. The van der Waals surface area contributed by atoms with Gasteiger partial charge in [0.2, 0.25) is 5.91 Å². The molecule has 1 aromatic rings.